The summed E-state index contributed by atoms with van der Waals surface area (Å²) in [5.74, 6) is -2.32. The van der Waals surface area contributed by atoms with Crippen LogP contribution in [0.3, 0.4) is 0 Å². The van der Waals surface area contributed by atoms with Gasteiger partial charge in [0.15, 0.2) is 5.54 Å². The highest BCUT2D eigenvalue weighted by molar-refractivity contribution is 5.91. The van der Waals surface area contributed by atoms with E-state index in [0.29, 0.717) is 0 Å². The van der Waals surface area contributed by atoms with Gasteiger partial charge in [0, 0.05) is 0 Å². The smallest absolute Gasteiger partial charge is 0.353 e. The second kappa shape index (κ2) is 2.49. The van der Waals surface area contributed by atoms with Crippen LogP contribution in [-0.4, -0.2) is 27.7 Å². The number of carboxylic acids is 2. The zero-order valence-electron chi connectivity index (χ0n) is 6.29. The highest BCUT2D eigenvalue weighted by Crippen LogP contribution is 2.13. The zero-order chi connectivity index (χ0) is 9.35. The summed E-state index contributed by atoms with van der Waals surface area (Å²) in [5.41, 5.74) is 3.11. The Morgan fingerprint density at radius 3 is 2.33 bits per heavy atom. The highest BCUT2D eigenvalue weighted by atomic mass is 16.4. The lowest BCUT2D eigenvalue weighted by Gasteiger charge is -2.14. The minimum Gasteiger partial charge on any atom is -0.480 e. The van der Waals surface area contributed by atoms with Crippen LogP contribution in [-0.2, 0) is 9.59 Å². The Kier molecular flexibility index (Phi) is 1.77. The van der Waals surface area contributed by atoms with Gasteiger partial charge in [-0.05, 0) is 13.0 Å². The van der Waals surface area contributed by atoms with Crippen LogP contribution in [0.4, 0.5) is 0 Å². The third-order valence-corrected chi connectivity index (χ3v) is 1.56. The first-order chi connectivity index (χ1) is 5.46. The van der Waals surface area contributed by atoms with E-state index in [1.165, 1.54) is 6.92 Å². The Morgan fingerprint density at radius 2 is 2.08 bits per heavy atom. The minimum absolute atomic E-state index is 0.153. The molecule has 6 heteroatoms. The molecule has 0 amide bonds. The maximum absolute atomic E-state index is 10.6. The van der Waals surface area contributed by atoms with Crippen molar-refractivity contribution in [2.24, 2.45) is 0 Å². The number of nitrogens with one attached hydrogen (secondary N) is 2. The molecule has 0 aromatic carbocycles. The monoisotopic (exact) mass is 172 g/mol. The molecule has 0 bridgehead atoms. The van der Waals surface area contributed by atoms with E-state index in [9.17, 15) is 9.59 Å². The molecule has 0 aliphatic carbocycles. The molecule has 0 aromatic heterocycles. The minimum atomic E-state index is -1.34. The lowest BCUT2D eigenvalue weighted by molar-refractivity contribution is -0.142. The fourth-order valence-corrected chi connectivity index (χ4v) is 0.788. The summed E-state index contributed by atoms with van der Waals surface area (Å²) in [6.07, 6.45) is 1.11. The molecule has 0 spiro atoms. The summed E-state index contributed by atoms with van der Waals surface area (Å²) >= 11 is 0. The summed E-state index contributed by atoms with van der Waals surface area (Å²) < 4.78 is 0. The summed E-state index contributed by atoms with van der Waals surface area (Å²) in [4.78, 5) is 20.9. The Labute approximate surface area is 67.8 Å². The third kappa shape index (κ3) is 1.24. The first-order valence-electron chi connectivity index (χ1n) is 3.18. The molecule has 6 nitrogen and oxygen atoms in total. The number of hydrogen-bond donors (Lipinski definition) is 4. The van der Waals surface area contributed by atoms with E-state index in [4.69, 9.17) is 10.2 Å². The van der Waals surface area contributed by atoms with Crippen molar-refractivity contribution in [1.29, 1.82) is 0 Å². The van der Waals surface area contributed by atoms with Crippen molar-refractivity contribution in [3.8, 4) is 0 Å². The zero-order valence-corrected chi connectivity index (χ0v) is 6.29. The number of aliphatic carboxylic acids is 2. The summed E-state index contributed by atoms with van der Waals surface area (Å²) in [7, 11) is 0. The lowest BCUT2D eigenvalue weighted by Crippen LogP contribution is -2.48. The van der Waals surface area contributed by atoms with Crippen LogP contribution < -0.4 is 10.9 Å². The van der Waals surface area contributed by atoms with Crippen molar-refractivity contribution in [3.63, 3.8) is 0 Å². The van der Waals surface area contributed by atoms with E-state index in [-0.39, 0.29) is 5.70 Å². The second-order valence-electron chi connectivity index (χ2n) is 2.62. The van der Waals surface area contributed by atoms with Crippen LogP contribution in [0.15, 0.2) is 11.8 Å². The Balaban J connectivity index is 2.89. The van der Waals surface area contributed by atoms with Gasteiger partial charge in [-0.15, -0.1) is 0 Å². The lowest BCUT2D eigenvalue weighted by atomic mass is 10.0. The van der Waals surface area contributed by atoms with E-state index >= 15 is 0 Å². The molecule has 1 rings (SSSR count). The highest BCUT2D eigenvalue weighted by Gasteiger charge is 2.37. The van der Waals surface area contributed by atoms with Crippen molar-refractivity contribution < 1.29 is 19.8 Å². The molecular weight excluding hydrogens is 164 g/mol. The largest absolute Gasteiger partial charge is 0.480 e. The van der Waals surface area contributed by atoms with Crippen LogP contribution in [0.2, 0.25) is 0 Å². The number of hydrazine groups is 1. The molecule has 12 heavy (non-hydrogen) atoms. The molecule has 1 heterocycles. The Hall–Kier alpha value is -1.56. The quantitative estimate of drug-likeness (QED) is 0.422. The maximum atomic E-state index is 10.6. The number of carboxylic acid groups (broad SMARTS) is 2. The van der Waals surface area contributed by atoms with Crippen molar-refractivity contribution >= 4 is 11.9 Å². The molecule has 1 aliphatic rings. The van der Waals surface area contributed by atoms with Crippen molar-refractivity contribution in [2.75, 3.05) is 0 Å². The Morgan fingerprint density at radius 1 is 1.50 bits per heavy atom. The molecule has 1 atom stereocenters. The molecule has 4 N–H and O–H groups in total. The van der Waals surface area contributed by atoms with Gasteiger partial charge in [-0.25, -0.2) is 15.0 Å². The fourth-order valence-electron chi connectivity index (χ4n) is 0.788. The van der Waals surface area contributed by atoms with Crippen LogP contribution in [0.5, 0.6) is 0 Å². The van der Waals surface area contributed by atoms with Crippen LogP contribution in [0.25, 0.3) is 0 Å². The number of carbonyl (C=O) groups is 2. The van der Waals surface area contributed by atoms with Gasteiger partial charge in [-0.3, -0.25) is 0 Å². The van der Waals surface area contributed by atoms with Crippen LogP contribution in [0.1, 0.15) is 6.92 Å². The van der Waals surface area contributed by atoms with Crippen LogP contribution >= 0.6 is 0 Å². The van der Waals surface area contributed by atoms with Crippen molar-refractivity contribution in [3.05, 3.63) is 11.8 Å². The first kappa shape index (κ1) is 8.54. The topological polar surface area (TPSA) is 98.7 Å². The maximum Gasteiger partial charge on any atom is 0.353 e. The van der Waals surface area contributed by atoms with Gasteiger partial charge in [0.25, 0.3) is 0 Å². The van der Waals surface area contributed by atoms with E-state index in [0.717, 1.165) is 6.08 Å². The summed E-state index contributed by atoms with van der Waals surface area (Å²) in [6.45, 7) is 1.36. The second-order valence-corrected chi connectivity index (χ2v) is 2.62. The van der Waals surface area contributed by atoms with Gasteiger partial charge in [0.05, 0.1) is 0 Å². The average molecular weight is 172 g/mol. The Bertz CT molecular complexity index is 273. The summed E-state index contributed by atoms with van der Waals surface area (Å²) in [6, 6.07) is 0. The fraction of sp³-hybridized carbons (Fsp3) is 0.333. The third-order valence-electron chi connectivity index (χ3n) is 1.56. The molecule has 66 valence electrons. The van der Waals surface area contributed by atoms with Gasteiger partial charge in [0.1, 0.15) is 5.70 Å². The predicted molar refractivity (Wildman–Crippen MR) is 38.0 cm³/mol. The molecule has 1 aliphatic heterocycles. The predicted octanol–water partition coefficient (Wildman–Crippen LogP) is -1.09. The van der Waals surface area contributed by atoms with E-state index in [1.54, 1.807) is 0 Å². The van der Waals surface area contributed by atoms with E-state index in [2.05, 4.69) is 10.9 Å². The normalized spacial score (nSPS) is 27.6. The van der Waals surface area contributed by atoms with Crippen molar-refractivity contribution in [1.82, 2.24) is 10.9 Å². The van der Waals surface area contributed by atoms with Gasteiger partial charge in [0.2, 0.25) is 0 Å². The summed E-state index contributed by atoms with van der Waals surface area (Å²) in [5, 5.41) is 17.1. The number of hydrogen-bond acceptors (Lipinski definition) is 4. The molecule has 0 aromatic rings. The molecule has 0 fully saturated rings. The standard InChI is InChI=1S/C6H8N2O4/c1-6(5(11)12)2-3(4(9)10)7-8-6/h2,7-8H,1H3,(H,9,10)(H,11,12). The molecule has 0 saturated carbocycles. The van der Waals surface area contributed by atoms with Gasteiger partial charge in [-0.2, -0.15) is 0 Å². The van der Waals surface area contributed by atoms with Gasteiger partial charge in [-0.1, -0.05) is 0 Å². The average Bonchev–Trinajstić information content (AvgIpc) is 2.33. The van der Waals surface area contributed by atoms with E-state index < -0.39 is 17.5 Å². The molecule has 0 saturated heterocycles. The SMILES string of the molecule is CC1(C(=O)O)C=C(C(=O)O)NN1. The van der Waals surface area contributed by atoms with Crippen LogP contribution in [0, 0.1) is 0 Å². The molecular formula is C6H8N2O4. The number of rotatable bonds is 2. The first-order valence-corrected chi connectivity index (χ1v) is 3.18. The van der Waals surface area contributed by atoms with Gasteiger partial charge >= 0.3 is 11.9 Å². The van der Waals surface area contributed by atoms with E-state index in [1.807, 2.05) is 0 Å². The molecule has 0 radical (unpaired) electrons. The molecule has 1 unspecified atom stereocenters. The van der Waals surface area contributed by atoms with Crippen molar-refractivity contribution in [2.45, 2.75) is 12.5 Å². The van der Waals surface area contributed by atoms with Gasteiger partial charge < -0.3 is 15.6 Å².